The zero-order valence-corrected chi connectivity index (χ0v) is 14.7. The second-order valence-corrected chi connectivity index (χ2v) is 5.74. The van der Waals surface area contributed by atoms with Crippen molar-refractivity contribution in [3.8, 4) is 17.4 Å². The molecular formula is C18H11ClF3N3O3. The van der Waals surface area contributed by atoms with Crippen molar-refractivity contribution >= 4 is 23.2 Å². The number of hydrogen-bond acceptors (Lipinski definition) is 5. The minimum absolute atomic E-state index is 0.0101. The topological polar surface area (TPSA) is 73.3 Å². The summed E-state index contributed by atoms with van der Waals surface area (Å²) in [7, 11) is 0. The van der Waals surface area contributed by atoms with Crippen molar-refractivity contribution in [2.24, 2.45) is 0 Å². The highest BCUT2D eigenvalue weighted by Gasteiger charge is 2.31. The second-order valence-electron chi connectivity index (χ2n) is 5.33. The molecule has 0 radical (unpaired) electrons. The number of rotatable bonds is 5. The molecule has 1 N–H and O–H groups in total. The molecule has 0 bridgehead atoms. The number of carbonyl (C=O) groups is 1. The molecule has 0 aliphatic carbocycles. The van der Waals surface area contributed by atoms with E-state index in [1.807, 2.05) is 0 Å². The van der Waals surface area contributed by atoms with Gasteiger partial charge in [-0.2, -0.15) is 0 Å². The van der Waals surface area contributed by atoms with Gasteiger partial charge in [0.25, 0.3) is 5.91 Å². The van der Waals surface area contributed by atoms with Gasteiger partial charge in [0.15, 0.2) is 0 Å². The highest BCUT2D eigenvalue weighted by molar-refractivity contribution is 6.32. The van der Waals surface area contributed by atoms with Gasteiger partial charge in [-0.05, 0) is 42.5 Å². The van der Waals surface area contributed by atoms with Crippen LogP contribution in [0.3, 0.4) is 0 Å². The van der Waals surface area contributed by atoms with Crippen LogP contribution in [0.25, 0.3) is 0 Å². The Bertz CT molecular complexity index is 967. The molecule has 0 unspecified atom stereocenters. The smallest absolute Gasteiger partial charge is 0.438 e. The number of ether oxygens (including phenoxy) is 2. The molecule has 2 heterocycles. The Kier molecular flexibility index (Phi) is 5.65. The molecule has 144 valence electrons. The van der Waals surface area contributed by atoms with E-state index in [1.165, 1.54) is 30.6 Å². The fourth-order valence-electron chi connectivity index (χ4n) is 2.09. The minimum atomic E-state index is -4.78. The molecule has 0 atom stereocenters. The Morgan fingerprint density at radius 2 is 1.79 bits per heavy atom. The van der Waals surface area contributed by atoms with Crippen LogP contribution in [0.1, 0.15) is 10.4 Å². The molecule has 0 saturated heterocycles. The molecule has 28 heavy (non-hydrogen) atoms. The fourth-order valence-corrected chi connectivity index (χ4v) is 2.29. The number of anilines is 1. The number of hydrogen-bond donors (Lipinski definition) is 1. The average Bonchev–Trinajstić information content (AvgIpc) is 2.64. The van der Waals surface area contributed by atoms with Crippen molar-refractivity contribution in [2.75, 3.05) is 5.32 Å². The summed E-state index contributed by atoms with van der Waals surface area (Å²) in [6.07, 6.45) is -0.466. The van der Waals surface area contributed by atoms with Gasteiger partial charge < -0.3 is 14.8 Å². The van der Waals surface area contributed by atoms with Crippen molar-refractivity contribution < 1.29 is 27.4 Å². The minimum Gasteiger partial charge on any atom is -0.438 e. The molecule has 0 spiro atoms. The van der Waals surface area contributed by atoms with E-state index in [0.717, 1.165) is 12.1 Å². The first-order chi connectivity index (χ1) is 13.3. The third-order valence-corrected chi connectivity index (χ3v) is 3.53. The van der Waals surface area contributed by atoms with Crippen LogP contribution >= 0.6 is 11.6 Å². The number of halogens is 4. The van der Waals surface area contributed by atoms with Gasteiger partial charge >= 0.3 is 6.36 Å². The predicted molar refractivity (Wildman–Crippen MR) is 94.6 cm³/mol. The highest BCUT2D eigenvalue weighted by atomic mass is 35.5. The van der Waals surface area contributed by atoms with E-state index in [-0.39, 0.29) is 28.0 Å². The van der Waals surface area contributed by atoms with Crippen molar-refractivity contribution in [1.29, 1.82) is 0 Å². The van der Waals surface area contributed by atoms with Gasteiger partial charge in [0.1, 0.15) is 16.5 Å². The molecule has 6 nitrogen and oxygen atoms in total. The van der Waals surface area contributed by atoms with Crippen LogP contribution in [-0.2, 0) is 0 Å². The predicted octanol–water partition coefficient (Wildman–Crippen LogP) is 5.07. The monoisotopic (exact) mass is 409 g/mol. The summed E-state index contributed by atoms with van der Waals surface area (Å²) in [5.41, 5.74) is 0.695. The number of nitrogens with zero attached hydrogens (tertiary/aromatic N) is 2. The quantitative estimate of drug-likeness (QED) is 0.636. The van der Waals surface area contributed by atoms with Gasteiger partial charge in [0.2, 0.25) is 5.88 Å². The molecule has 3 aromatic rings. The third kappa shape index (κ3) is 5.34. The molecule has 3 rings (SSSR count). The van der Waals surface area contributed by atoms with E-state index >= 15 is 0 Å². The first-order valence-corrected chi connectivity index (χ1v) is 8.08. The Morgan fingerprint density at radius 3 is 2.39 bits per heavy atom. The summed E-state index contributed by atoms with van der Waals surface area (Å²) >= 11 is 6.09. The second kappa shape index (κ2) is 8.13. The van der Waals surface area contributed by atoms with Crippen molar-refractivity contribution in [3.05, 3.63) is 71.6 Å². The molecule has 0 aliphatic heterocycles. The summed E-state index contributed by atoms with van der Waals surface area (Å²) in [6.45, 7) is 0. The van der Waals surface area contributed by atoms with Gasteiger partial charge in [0.05, 0.1) is 17.4 Å². The Labute approximate surface area is 161 Å². The summed E-state index contributed by atoms with van der Waals surface area (Å²) in [6, 6.07) is 9.41. The Hall–Kier alpha value is -3.33. The van der Waals surface area contributed by atoms with Crippen LogP contribution in [0.15, 0.2) is 61.1 Å². The lowest BCUT2D eigenvalue weighted by molar-refractivity contribution is -0.274. The van der Waals surface area contributed by atoms with Crippen molar-refractivity contribution in [1.82, 2.24) is 9.97 Å². The lowest BCUT2D eigenvalue weighted by Gasteiger charge is -2.11. The molecular weight excluding hydrogens is 399 g/mol. The molecule has 0 fully saturated rings. The van der Waals surface area contributed by atoms with Gasteiger partial charge in [-0.15, -0.1) is 13.2 Å². The van der Waals surface area contributed by atoms with Gasteiger partial charge in [-0.25, -0.2) is 4.98 Å². The zero-order chi connectivity index (χ0) is 20.1. The van der Waals surface area contributed by atoms with Crippen LogP contribution in [0.4, 0.5) is 18.9 Å². The fraction of sp³-hybridized carbons (Fsp3) is 0.0556. The molecule has 1 amide bonds. The lowest BCUT2D eigenvalue weighted by atomic mass is 10.2. The van der Waals surface area contributed by atoms with Crippen LogP contribution in [0, 0.1) is 0 Å². The van der Waals surface area contributed by atoms with Crippen molar-refractivity contribution in [3.63, 3.8) is 0 Å². The largest absolute Gasteiger partial charge is 0.573 e. The van der Waals surface area contributed by atoms with E-state index < -0.39 is 12.3 Å². The Balaban J connectivity index is 1.68. The van der Waals surface area contributed by atoms with Crippen LogP contribution in [-0.4, -0.2) is 22.2 Å². The maximum atomic E-state index is 12.2. The van der Waals surface area contributed by atoms with Gasteiger partial charge in [-0.1, -0.05) is 11.6 Å². The van der Waals surface area contributed by atoms with E-state index in [2.05, 4.69) is 20.0 Å². The first kappa shape index (κ1) is 19.4. The number of carbonyl (C=O) groups excluding carboxylic acids is 1. The van der Waals surface area contributed by atoms with E-state index in [4.69, 9.17) is 16.3 Å². The highest BCUT2D eigenvalue weighted by Crippen LogP contribution is 2.30. The summed E-state index contributed by atoms with van der Waals surface area (Å²) in [4.78, 5) is 20.1. The normalized spacial score (nSPS) is 11.0. The first-order valence-electron chi connectivity index (χ1n) is 7.71. The number of amides is 1. The molecule has 0 saturated carbocycles. The van der Waals surface area contributed by atoms with Crippen LogP contribution in [0.5, 0.6) is 17.4 Å². The van der Waals surface area contributed by atoms with Gasteiger partial charge in [0, 0.05) is 12.4 Å². The number of benzene rings is 1. The lowest BCUT2D eigenvalue weighted by Crippen LogP contribution is -2.16. The maximum absolute atomic E-state index is 12.2. The van der Waals surface area contributed by atoms with E-state index in [9.17, 15) is 18.0 Å². The summed E-state index contributed by atoms with van der Waals surface area (Å²) in [5.74, 6) is -0.649. The third-order valence-electron chi connectivity index (χ3n) is 3.26. The molecule has 0 aliphatic rings. The molecule has 2 aromatic heterocycles. The van der Waals surface area contributed by atoms with Crippen LogP contribution in [0.2, 0.25) is 5.02 Å². The molecule has 10 heteroatoms. The molecule has 1 aromatic carbocycles. The van der Waals surface area contributed by atoms with Crippen molar-refractivity contribution in [2.45, 2.75) is 6.36 Å². The summed E-state index contributed by atoms with van der Waals surface area (Å²) in [5, 5.41) is 2.68. The number of pyridine rings is 2. The van der Waals surface area contributed by atoms with E-state index in [1.54, 1.807) is 18.3 Å². The number of nitrogens with one attached hydrogen (secondary N) is 1. The zero-order valence-electron chi connectivity index (χ0n) is 13.9. The van der Waals surface area contributed by atoms with E-state index in [0.29, 0.717) is 5.69 Å². The SMILES string of the molecule is O=C(Nc1cccnc1)c1cnc(Oc2ccc(OC(F)(F)F)cc2)c(Cl)c1. The standard InChI is InChI=1S/C18H11ClF3N3O3/c19-15-8-11(16(26)25-12-2-1-7-23-10-12)9-24-17(15)27-13-3-5-14(6-4-13)28-18(20,21)22/h1-10H,(H,25,26). The number of aromatic nitrogens is 2. The summed E-state index contributed by atoms with van der Waals surface area (Å²) < 4.78 is 45.7. The van der Waals surface area contributed by atoms with Crippen LogP contribution < -0.4 is 14.8 Å². The van der Waals surface area contributed by atoms with Gasteiger partial charge in [-0.3, -0.25) is 9.78 Å². The Morgan fingerprint density at radius 1 is 1.07 bits per heavy atom. The number of alkyl halides is 3. The maximum Gasteiger partial charge on any atom is 0.573 e. The average molecular weight is 410 g/mol.